The lowest BCUT2D eigenvalue weighted by Crippen LogP contribution is -2.49. The van der Waals surface area contributed by atoms with Crippen molar-refractivity contribution in [3.05, 3.63) is 83.1 Å². The van der Waals surface area contributed by atoms with Crippen molar-refractivity contribution in [2.75, 3.05) is 7.05 Å². The number of carbonyl (C=O) groups excluding carboxylic acids is 2. The average molecular weight is 458 g/mol. The van der Waals surface area contributed by atoms with Crippen LogP contribution in [0.5, 0.6) is 0 Å². The van der Waals surface area contributed by atoms with Gasteiger partial charge in [-0.05, 0) is 67.8 Å². The van der Waals surface area contributed by atoms with Crippen molar-refractivity contribution in [1.82, 2.24) is 15.1 Å². The summed E-state index contributed by atoms with van der Waals surface area (Å²) in [6.07, 6.45) is 7.49. The minimum Gasteiger partial charge on any atom is -0.329 e. The number of carbonyl (C=O) groups is 2. The second-order valence-electron chi connectivity index (χ2n) is 10.3. The largest absolute Gasteiger partial charge is 0.329 e. The number of benzene rings is 2. The lowest BCUT2D eigenvalue weighted by molar-refractivity contribution is -0.126. The minimum atomic E-state index is -0.400. The van der Waals surface area contributed by atoms with Gasteiger partial charge in [-0.25, -0.2) is 0 Å². The molecule has 2 aliphatic heterocycles. The molecule has 5 heteroatoms. The number of piperidine rings is 1. The third-order valence-electron chi connectivity index (χ3n) is 7.91. The van der Waals surface area contributed by atoms with Crippen LogP contribution in [0.4, 0.5) is 0 Å². The normalized spacial score (nSPS) is 24.9. The molecular formula is C29H35N3O2. The standard InChI is InChI=1S/C29H35N3O2/c1-20-12-15-27(28(33)30-20)32-19-24-17-22(13-14-25(24)29(32)34)16-23-10-6-7-11-26(23)31(2)18-21-8-4-3-5-9-21/h3-5,8-9,13-14,17,23,26-27H,1,6-7,10-12,15-16,18-19H2,2H3,(H,30,33)/t23-,26+,27?/m1/s1. The Hall–Kier alpha value is -2.92. The van der Waals surface area contributed by atoms with E-state index in [0.29, 0.717) is 24.9 Å². The van der Waals surface area contributed by atoms with Gasteiger partial charge >= 0.3 is 0 Å². The highest BCUT2D eigenvalue weighted by molar-refractivity contribution is 6.01. The first-order chi connectivity index (χ1) is 16.5. The van der Waals surface area contributed by atoms with Gasteiger partial charge in [0.1, 0.15) is 6.04 Å². The van der Waals surface area contributed by atoms with Gasteiger partial charge in [0.25, 0.3) is 5.91 Å². The summed E-state index contributed by atoms with van der Waals surface area (Å²) in [5, 5.41) is 2.82. The molecule has 2 fully saturated rings. The molecular weight excluding hydrogens is 422 g/mol. The van der Waals surface area contributed by atoms with Gasteiger partial charge in [-0.15, -0.1) is 0 Å². The summed E-state index contributed by atoms with van der Waals surface area (Å²) in [5.74, 6) is 0.486. The summed E-state index contributed by atoms with van der Waals surface area (Å²) >= 11 is 0. The van der Waals surface area contributed by atoms with Crippen molar-refractivity contribution < 1.29 is 9.59 Å². The van der Waals surface area contributed by atoms with Crippen LogP contribution in [-0.4, -0.2) is 40.7 Å². The Morgan fingerprint density at radius 3 is 2.62 bits per heavy atom. The van der Waals surface area contributed by atoms with E-state index in [1.54, 1.807) is 4.90 Å². The molecule has 5 nitrogen and oxygen atoms in total. The summed E-state index contributed by atoms with van der Waals surface area (Å²) in [6.45, 7) is 5.35. The van der Waals surface area contributed by atoms with E-state index in [2.05, 4.69) is 66.3 Å². The fourth-order valence-electron chi connectivity index (χ4n) is 6.13. The predicted molar refractivity (Wildman–Crippen MR) is 134 cm³/mol. The summed E-state index contributed by atoms with van der Waals surface area (Å²) in [5.41, 5.74) is 5.22. The lowest BCUT2D eigenvalue weighted by Gasteiger charge is -2.38. The van der Waals surface area contributed by atoms with Crippen LogP contribution in [0, 0.1) is 5.92 Å². The van der Waals surface area contributed by atoms with E-state index in [0.717, 1.165) is 36.2 Å². The molecule has 2 aromatic carbocycles. The number of nitrogens with one attached hydrogen (secondary N) is 1. The number of fused-ring (bicyclic) bond motifs is 1. The number of hydrogen-bond donors (Lipinski definition) is 1. The van der Waals surface area contributed by atoms with Crippen LogP contribution in [0.2, 0.25) is 0 Å². The van der Waals surface area contributed by atoms with Crippen molar-refractivity contribution in [3.63, 3.8) is 0 Å². The molecule has 1 N–H and O–H groups in total. The minimum absolute atomic E-state index is 0.0210. The topological polar surface area (TPSA) is 52.7 Å². The van der Waals surface area contributed by atoms with Crippen LogP contribution in [0.1, 0.15) is 65.6 Å². The maximum absolute atomic E-state index is 13.1. The van der Waals surface area contributed by atoms with Crippen LogP contribution in [0.25, 0.3) is 0 Å². The Bertz CT molecular complexity index is 1080. The number of allylic oxidation sites excluding steroid dienone is 1. The van der Waals surface area contributed by atoms with Gasteiger partial charge in [-0.1, -0.05) is 61.9 Å². The molecule has 1 aliphatic carbocycles. The van der Waals surface area contributed by atoms with Crippen LogP contribution in [-0.2, 0) is 24.3 Å². The van der Waals surface area contributed by atoms with Crippen LogP contribution < -0.4 is 5.32 Å². The fourth-order valence-corrected chi connectivity index (χ4v) is 6.13. The zero-order chi connectivity index (χ0) is 23.7. The van der Waals surface area contributed by atoms with E-state index in [4.69, 9.17) is 0 Å². The summed E-state index contributed by atoms with van der Waals surface area (Å²) < 4.78 is 0. The van der Waals surface area contributed by atoms with E-state index in [1.165, 1.54) is 36.8 Å². The summed E-state index contributed by atoms with van der Waals surface area (Å²) in [6, 6.07) is 17.2. The summed E-state index contributed by atoms with van der Waals surface area (Å²) in [7, 11) is 2.26. The maximum Gasteiger partial charge on any atom is 0.255 e. The number of amides is 2. The van der Waals surface area contributed by atoms with E-state index in [9.17, 15) is 9.59 Å². The van der Waals surface area contributed by atoms with E-state index < -0.39 is 6.04 Å². The average Bonchev–Trinajstić information content (AvgIpc) is 3.15. The molecule has 0 bridgehead atoms. The molecule has 34 heavy (non-hydrogen) atoms. The Kier molecular flexibility index (Phi) is 6.55. The second-order valence-corrected chi connectivity index (χ2v) is 10.3. The van der Waals surface area contributed by atoms with Crippen molar-refractivity contribution in [1.29, 1.82) is 0 Å². The number of rotatable bonds is 6. The van der Waals surface area contributed by atoms with Crippen LogP contribution >= 0.6 is 0 Å². The van der Waals surface area contributed by atoms with Crippen molar-refractivity contribution in [3.8, 4) is 0 Å². The van der Waals surface area contributed by atoms with E-state index in [1.807, 2.05) is 6.07 Å². The van der Waals surface area contributed by atoms with Gasteiger partial charge in [-0.2, -0.15) is 0 Å². The quantitative estimate of drug-likeness (QED) is 0.686. The van der Waals surface area contributed by atoms with Crippen molar-refractivity contribution in [2.24, 2.45) is 5.92 Å². The van der Waals surface area contributed by atoms with Gasteiger partial charge in [0, 0.05) is 30.4 Å². The predicted octanol–water partition coefficient (Wildman–Crippen LogP) is 4.67. The van der Waals surface area contributed by atoms with Gasteiger partial charge in [0.2, 0.25) is 5.91 Å². The molecule has 2 amide bonds. The van der Waals surface area contributed by atoms with Crippen LogP contribution in [0.3, 0.4) is 0 Å². The smallest absolute Gasteiger partial charge is 0.255 e. The van der Waals surface area contributed by atoms with Gasteiger partial charge in [0.15, 0.2) is 0 Å². The van der Waals surface area contributed by atoms with Crippen molar-refractivity contribution >= 4 is 11.8 Å². The molecule has 1 unspecified atom stereocenters. The molecule has 3 atom stereocenters. The third kappa shape index (κ3) is 4.67. The highest BCUT2D eigenvalue weighted by atomic mass is 16.2. The maximum atomic E-state index is 13.1. The number of nitrogens with zero attached hydrogens (tertiary/aromatic N) is 2. The van der Waals surface area contributed by atoms with Gasteiger partial charge < -0.3 is 10.2 Å². The molecule has 5 rings (SSSR count). The Labute approximate surface area is 202 Å². The van der Waals surface area contributed by atoms with E-state index >= 15 is 0 Å². The Balaban J connectivity index is 1.28. The molecule has 1 saturated carbocycles. The third-order valence-corrected chi connectivity index (χ3v) is 7.91. The fraction of sp³-hybridized carbons (Fsp3) is 0.448. The lowest BCUT2D eigenvalue weighted by atomic mass is 9.79. The van der Waals surface area contributed by atoms with Gasteiger partial charge in [-0.3, -0.25) is 14.5 Å². The molecule has 178 valence electrons. The molecule has 2 heterocycles. The Morgan fingerprint density at radius 1 is 1.03 bits per heavy atom. The van der Waals surface area contributed by atoms with Gasteiger partial charge in [0.05, 0.1) is 0 Å². The molecule has 0 aromatic heterocycles. The first kappa shape index (κ1) is 22.9. The zero-order valence-corrected chi connectivity index (χ0v) is 20.1. The molecule has 3 aliphatic rings. The SMILES string of the molecule is C=C1CCC(N2Cc3cc(C[C@H]4CCCC[C@@H]4N(C)Cc4ccccc4)ccc3C2=O)C(=O)N1. The first-order valence-electron chi connectivity index (χ1n) is 12.6. The first-order valence-corrected chi connectivity index (χ1v) is 12.6. The highest BCUT2D eigenvalue weighted by Gasteiger charge is 2.38. The number of hydrogen-bond acceptors (Lipinski definition) is 3. The molecule has 0 radical (unpaired) electrons. The highest BCUT2D eigenvalue weighted by Crippen LogP contribution is 2.34. The summed E-state index contributed by atoms with van der Waals surface area (Å²) in [4.78, 5) is 29.8. The monoisotopic (exact) mass is 457 g/mol. The molecule has 1 saturated heterocycles. The van der Waals surface area contributed by atoms with E-state index in [-0.39, 0.29) is 11.8 Å². The van der Waals surface area contributed by atoms with Crippen molar-refractivity contribution in [2.45, 2.75) is 70.1 Å². The zero-order valence-electron chi connectivity index (χ0n) is 20.1. The van der Waals surface area contributed by atoms with Crippen LogP contribution in [0.15, 0.2) is 60.8 Å². The Morgan fingerprint density at radius 2 is 1.82 bits per heavy atom. The molecule has 0 spiro atoms. The second kappa shape index (κ2) is 9.75. The molecule has 2 aromatic rings.